The molecule has 0 unspecified atom stereocenters. The second-order valence-corrected chi connectivity index (χ2v) is 4.94. The van der Waals surface area contributed by atoms with Crippen LogP contribution >= 0.6 is 0 Å². The Morgan fingerprint density at radius 3 is 2.84 bits per heavy atom. The summed E-state index contributed by atoms with van der Waals surface area (Å²) in [5, 5.41) is 2.96. The highest BCUT2D eigenvalue weighted by molar-refractivity contribution is 5.93. The topological polar surface area (TPSA) is 68.3 Å². The largest absolute Gasteiger partial charge is 0.459 e. The third kappa shape index (κ3) is 2.04. The Hall–Kier alpha value is -2.07. The van der Waals surface area contributed by atoms with Crippen LogP contribution in [0.4, 0.5) is 0 Å². The van der Waals surface area contributed by atoms with Crippen molar-refractivity contribution in [3.05, 3.63) is 59.0 Å². The lowest BCUT2D eigenvalue weighted by Crippen LogP contribution is -2.40. The van der Waals surface area contributed by atoms with Gasteiger partial charge in [0, 0.05) is 5.56 Å². The molecule has 0 bridgehead atoms. The van der Waals surface area contributed by atoms with Crippen molar-refractivity contribution in [3.8, 4) is 0 Å². The van der Waals surface area contributed by atoms with Crippen LogP contribution in [0.1, 0.15) is 33.3 Å². The molecule has 4 heteroatoms. The third-order valence-corrected chi connectivity index (χ3v) is 3.67. The van der Waals surface area contributed by atoms with Crippen LogP contribution in [0.25, 0.3) is 0 Å². The summed E-state index contributed by atoms with van der Waals surface area (Å²) in [6.45, 7) is 1.85. The van der Waals surface area contributed by atoms with Crippen LogP contribution in [0, 0.1) is 6.92 Å². The number of carbonyl (C=O) groups is 1. The fourth-order valence-corrected chi connectivity index (χ4v) is 2.61. The van der Waals surface area contributed by atoms with Gasteiger partial charge in [-0.25, -0.2) is 0 Å². The molecule has 2 aromatic rings. The lowest BCUT2D eigenvalue weighted by Gasteiger charge is -2.17. The van der Waals surface area contributed by atoms with Crippen molar-refractivity contribution in [1.82, 2.24) is 5.32 Å². The normalized spacial score (nSPS) is 21.2. The number of nitrogens with two attached hydrogens (primary N) is 1. The van der Waals surface area contributed by atoms with Crippen molar-refractivity contribution < 1.29 is 9.21 Å². The van der Waals surface area contributed by atoms with Crippen molar-refractivity contribution >= 4 is 5.91 Å². The van der Waals surface area contributed by atoms with Gasteiger partial charge in [-0.05, 0) is 30.5 Å². The molecule has 0 spiro atoms. The quantitative estimate of drug-likeness (QED) is 0.862. The molecule has 3 rings (SSSR count). The van der Waals surface area contributed by atoms with Gasteiger partial charge in [-0.3, -0.25) is 4.79 Å². The molecular formula is C15H16N2O2. The van der Waals surface area contributed by atoms with Gasteiger partial charge in [0.1, 0.15) is 0 Å². The van der Waals surface area contributed by atoms with Crippen LogP contribution < -0.4 is 11.1 Å². The number of hydrogen-bond acceptors (Lipinski definition) is 3. The van der Waals surface area contributed by atoms with E-state index in [1.165, 1.54) is 11.8 Å². The number of furan rings is 1. The minimum absolute atomic E-state index is 0.0746. The van der Waals surface area contributed by atoms with Gasteiger partial charge < -0.3 is 15.5 Å². The fourth-order valence-electron chi connectivity index (χ4n) is 2.61. The zero-order valence-corrected chi connectivity index (χ0v) is 10.7. The zero-order chi connectivity index (χ0) is 13.4. The standard InChI is InChI=1S/C15H16N2O2/c1-9-6-7-19-14(9)15(18)17-12-8-10-4-2-3-5-11(10)13(12)16/h2-7,12-13H,8,16H2,1H3,(H,17,18)/t12-,13-/m1/s1. The Labute approximate surface area is 111 Å². The summed E-state index contributed by atoms with van der Waals surface area (Å²) in [7, 11) is 0. The molecule has 0 saturated heterocycles. The minimum atomic E-state index is -0.198. The SMILES string of the molecule is Cc1ccoc1C(=O)N[C@@H]1Cc2ccccc2[C@H]1N. The third-order valence-electron chi connectivity index (χ3n) is 3.67. The number of carbonyl (C=O) groups excluding carboxylic acids is 1. The second-order valence-electron chi connectivity index (χ2n) is 4.94. The fraction of sp³-hybridized carbons (Fsp3) is 0.267. The summed E-state index contributed by atoms with van der Waals surface area (Å²) in [4.78, 5) is 12.1. The maximum absolute atomic E-state index is 12.1. The predicted octanol–water partition coefficient (Wildman–Crippen LogP) is 1.94. The summed E-state index contributed by atoms with van der Waals surface area (Å²) in [5.74, 6) is 0.166. The van der Waals surface area contributed by atoms with Gasteiger partial charge in [0.25, 0.3) is 5.91 Å². The van der Waals surface area contributed by atoms with E-state index in [0.717, 1.165) is 17.5 Å². The van der Waals surface area contributed by atoms with Crippen LogP contribution in [0.2, 0.25) is 0 Å². The molecule has 4 nitrogen and oxygen atoms in total. The maximum Gasteiger partial charge on any atom is 0.287 e. The van der Waals surface area contributed by atoms with E-state index < -0.39 is 0 Å². The van der Waals surface area contributed by atoms with Crippen molar-refractivity contribution in [2.75, 3.05) is 0 Å². The first-order valence-corrected chi connectivity index (χ1v) is 6.35. The molecule has 3 N–H and O–H groups in total. The molecule has 1 aliphatic rings. The van der Waals surface area contributed by atoms with Gasteiger partial charge in [-0.2, -0.15) is 0 Å². The van der Waals surface area contributed by atoms with Gasteiger partial charge in [0.15, 0.2) is 5.76 Å². The number of rotatable bonds is 2. The first kappa shape index (κ1) is 12.0. The monoisotopic (exact) mass is 256 g/mol. The smallest absolute Gasteiger partial charge is 0.287 e. The van der Waals surface area contributed by atoms with E-state index >= 15 is 0 Å². The molecule has 1 aromatic heterocycles. The summed E-state index contributed by atoms with van der Waals surface area (Å²) < 4.78 is 5.20. The molecule has 98 valence electrons. The number of nitrogens with one attached hydrogen (secondary N) is 1. The van der Waals surface area contributed by atoms with Crippen molar-refractivity contribution in [2.45, 2.75) is 25.4 Å². The van der Waals surface area contributed by atoms with Gasteiger partial charge in [-0.1, -0.05) is 24.3 Å². The molecular weight excluding hydrogens is 240 g/mol. The Morgan fingerprint density at radius 2 is 2.16 bits per heavy atom. The average Bonchev–Trinajstić information content (AvgIpc) is 2.95. The molecule has 2 atom stereocenters. The van der Waals surface area contributed by atoms with Crippen LogP contribution in [0.15, 0.2) is 41.0 Å². The highest BCUT2D eigenvalue weighted by Crippen LogP contribution is 2.29. The van der Waals surface area contributed by atoms with Crippen molar-refractivity contribution in [1.29, 1.82) is 0 Å². The van der Waals surface area contributed by atoms with E-state index in [9.17, 15) is 4.79 Å². The van der Waals surface area contributed by atoms with E-state index in [2.05, 4.69) is 11.4 Å². The molecule has 19 heavy (non-hydrogen) atoms. The lowest BCUT2D eigenvalue weighted by molar-refractivity contribution is 0.0904. The van der Waals surface area contributed by atoms with Crippen molar-refractivity contribution in [3.63, 3.8) is 0 Å². The number of benzene rings is 1. The molecule has 0 radical (unpaired) electrons. The average molecular weight is 256 g/mol. The van der Waals surface area contributed by atoms with Gasteiger partial charge in [-0.15, -0.1) is 0 Å². The zero-order valence-electron chi connectivity index (χ0n) is 10.7. The van der Waals surface area contributed by atoms with Crippen molar-refractivity contribution in [2.24, 2.45) is 5.73 Å². The van der Waals surface area contributed by atoms with Gasteiger partial charge in [0.2, 0.25) is 0 Å². The van der Waals surface area contributed by atoms with E-state index in [-0.39, 0.29) is 18.0 Å². The van der Waals surface area contributed by atoms with Crippen LogP contribution in [-0.4, -0.2) is 11.9 Å². The van der Waals surface area contributed by atoms with Crippen LogP contribution in [0.5, 0.6) is 0 Å². The summed E-state index contributed by atoms with van der Waals surface area (Å²) in [6.07, 6.45) is 2.29. The molecule has 0 aliphatic heterocycles. The Morgan fingerprint density at radius 1 is 1.37 bits per heavy atom. The summed E-state index contributed by atoms with van der Waals surface area (Å²) in [6, 6.07) is 9.58. The predicted molar refractivity (Wildman–Crippen MR) is 71.8 cm³/mol. The van der Waals surface area contributed by atoms with Crippen LogP contribution in [-0.2, 0) is 6.42 Å². The summed E-state index contributed by atoms with van der Waals surface area (Å²) >= 11 is 0. The first-order chi connectivity index (χ1) is 9.16. The van der Waals surface area contributed by atoms with E-state index in [4.69, 9.17) is 10.2 Å². The van der Waals surface area contributed by atoms with E-state index in [0.29, 0.717) is 5.76 Å². The van der Waals surface area contributed by atoms with Gasteiger partial charge in [0.05, 0.1) is 18.3 Å². The number of aryl methyl sites for hydroxylation is 1. The molecule has 1 aliphatic carbocycles. The molecule has 0 saturated carbocycles. The number of fused-ring (bicyclic) bond motifs is 1. The Kier molecular flexibility index (Phi) is 2.87. The maximum atomic E-state index is 12.1. The van der Waals surface area contributed by atoms with Gasteiger partial charge >= 0.3 is 0 Å². The van der Waals surface area contributed by atoms with E-state index in [1.807, 2.05) is 25.1 Å². The first-order valence-electron chi connectivity index (χ1n) is 6.35. The Balaban J connectivity index is 1.77. The number of amides is 1. The highest BCUT2D eigenvalue weighted by atomic mass is 16.3. The highest BCUT2D eigenvalue weighted by Gasteiger charge is 2.31. The van der Waals surface area contributed by atoms with Crippen LogP contribution in [0.3, 0.4) is 0 Å². The molecule has 1 aromatic carbocycles. The van der Waals surface area contributed by atoms with E-state index in [1.54, 1.807) is 6.07 Å². The number of hydrogen-bond donors (Lipinski definition) is 2. The second kappa shape index (κ2) is 4.55. The Bertz CT molecular complexity index is 618. The molecule has 0 fully saturated rings. The molecule has 1 amide bonds. The summed E-state index contributed by atoms with van der Waals surface area (Å²) in [5.41, 5.74) is 9.34. The minimum Gasteiger partial charge on any atom is -0.459 e. The molecule has 1 heterocycles. The lowest BCUT2D eigenvalue weighted by atomic mass is 10.1.